The summed E-state index contributed by atoms with van der Waals surface area (Å²) >= 11 is 0. The number of benzene rings is 2. The summed E-state index contributed by atoms with van der Waals surface area (Å²) in [6, 6.07) is 10.1. The zero-order chi connectivity index (χ0) is 29.6. The second-order valence-electron chi connectivity index (χ2n) is 9.91. The maximum atomic E-state index is 13.0. The fourth-order valence-corrected chi connectivity index (χ4v) is 3.90. The lowest BCUT2D eigenvalue weighted by Gasteiger charge is -2.23. The van der Waals surface area contributed by atoms with Crippen LogP contribution in [0.1, 0.15) is 61.3 Å². The number of carbonyl (C=O) groups excluding carboxylic acids is 4. The van der Waals surface area contributed by atoms with Crippen LogP contribution in [0.5, 0.6) is 0 Å². The Morgan fingerprint density at radius 1 is 1.05 bits per heavy atom. The Kier molecular flexibility index (Phi) is 9.15. The predicted molar refractivity (Wildman–Crippen MR) is 146 cm³/mol. The number of esters is 1. The van der Waals surface area contributed by atoms with Gasteiger partial charge in [-0.1, -0.05) is 0 Å². The first-order chi connectivity index (χ1) is 18.8. The monoisotopic (exact) mass is 552 g/mol. The van der Waals surface area contributed by atoms with Gasteiger partial charge in [0.05, 0.1) is 23.3 Å². The van der Waals surface area contributed by atoms with Crippen molar-refractivity contribution in [2.45, 2.75) is 52.2 Å². The molecule has 1 heterocycles. The molecule has 0 aliphatic carbocycles. The van der Waals surface area contributed by atoms with Gasteiger partial charge in [0.25, 0.3) is 0 Å². The number of nitrogens with one attached hydrogen (secondary N) is 2. The van der Waals surface area contributed by atoms with E-state index in [9.17, 15) is 29.1 Å². The van der Waals surface area contributed by atoms with Crippen molar-refractivity contribution < 1.29 is 38.6 Å². The SMILES string of the molecule is CCOC(=O)c1ccc(-n2cc(C(=O)O)c3cc(NC(=O)[C@H](CCC(N)=O)NC(=O)OC(C)(C)C)ccc32)cc1. The Morgan fingerprint density at radius 2 is 1.73 bits per heavy atom. The molecule has 212 valence electrons. The third-order valence-electron chi connectivity index (χ3n) is 5.65. The minimum atomic E-state index is -1.18. The van der Waals surface area contributed by atoms with Crippen molar-refractivity contribution in [3.05, 3.63) is 59.8 Å². The molecule has 3 rings (SSSR count). The highest BCUT2D eigenvalue weighted by atomic mass is 16.6. The average molecular weight is 553 g/mol. The van der Waals surface area contributed by atoms with Crippen molar-refractivity contribution in [3.63, 3.8) is 0 Å². The Balaban J connectivity index is 1.90. The lowest BCUT2D eigenvalue weighted by Crippen LogP contribution is -2.46. The Bertz CT molecular complexity index is 1440. The number of ether oxygens (including phenoxy) is 2. The standard InChI is InChI=1S/C28H32N4O8/c1-5-39-26(37)16-6-9-18(10-7-16)32-15-20(25(35)36)19-14-17(8-12-22(19)32)30-24(34)21(11-13-23(29)33)31-27(38)40-28(2,3)4/h6-10,12,14-15,21H,5,11,13H2,1-4H3,(H2,29,33)(H,30,34)(H,31,38)(H,35,36)/t21-/m0/s1. The molecule has 1 atom stereocenters. The van der Waals surface area contributed by atoms with Crippen molar-refractivity contribution >= 4 is 46.4 Å². The number of nitrogens with zero attached hydrogens (tertiary/aromatic N) is 1. The molecule has 2 aromatic carbocycles. The predicted octanol–water partition coefficient (Wildman–Crippen LogP) is 3.60. The molecule has 0 unspecified atom stereocenters. The number of amides is 3. The van der Waals surface area contributed by atoms with E-state index in [4.69, 9.17) is 15.2 Å². The van der Waals surface area contributed by atoms with Gasteiger partial charge in [-0.2, -0.15) is 0 Å². The fourth-order valence-electron chi connectivity index (χ4n) is 3.90. The topological polar surface area (TPSA) is 179 Å². The van der Waals surface area contributed by atoms with Crippen molar-refractivity contribution in [2.24, 2.45) is 5.73 Å². The van der Waals surface area contributed by atoms with E-state index in [0.717, 1.165) is 0 Å². The number of rotatable bonds is 10. The van der Waals surface area contributed by atoms with Crippen LogP contribution in [-0.4, -0.2) is 57.8 Å². The molecule has 0 spiro atoms. The average Bonchev–Trinajstić information content (AvgIpc) is 3.24. The summed E-state index contributed by atoms with van der Waals surface area (Å²) in [5, 5.41) is 15.3. The van der Waals surface area contributed by atoms with Gasteiger partial charge in [-0.3, -0.25) is 9.59 Å². The summed E-state index contributed by atoms with van der Waals surface area (Å²) in [6.07, 6.45) is 0.374. The van der Waals surface area contributed by atoms with E-state index in [1.807, 2.05) is 0 Å². The first-order valence-corrected chi connectivity index (χ1v) is 12.5. The van der Waals surface area contributed by atoms with Crippen LogP contribution in [0, 0.1) is 0 Å². The van der Waals surface area contributed by atoms with E-state index in [-0.39, 0.29) is 30.7 Å². The Morgan fingerprint density at radius 3 is 2.30 bits per heavy atom. The zero-order valence-corrected chi connectivity index (χ0v) is 22.6. The van der Waals surface area contributed by atoms with E-state index in [0.29, 0.717) is 22.2 Å². The number of carboxylic acid groups (broad SMARTS) is 1. The van der Waals surface area contributed by atoms with Gasteiger partial charge in [-0.15, -0.1) is 0 Å². The van der Waals surface area contributed by atoms with Gasteiger partial charge in [0.15, 0.2) is 0 Å². The third kappa shape index (κ3) is 7.59. The number of anilines is 1. The number of aromatic nitrogens is 1. The van der Waals surface area contributed by atoms with Crippen LogP contribution in [-0.2, 0) is 19.1 Å². The van der Waals surface area contributed by atoms with Crippen LogP contribution in [0.2, 0.25) is 0 Å². The molecule has 0 aliphatic heterocycles. The molecule has 0 saturated heterocycles. The van der Waals surface area contributed by atoms with E-state index in [1.54, 1.807) is 68.7 Å². The van der Waals surface area contributed by atoms with E-state index in [2.05, 4.69) is 10.6 Å². The van der Waals surface area contributed by atoms with Crippen LogP contribution in [0.15, 0.2) is 48.7 Å². The van der Waals surface area contributed by atoms with Crippen molar-refractivity contribution in [1.82, 2.24) is 9.88 Å². The molecular weight excluding hydrogens is 520 g/mol. The van der Waals surface area contributed by atoms with Crippen molar-refractivity contribution in [1.29, 1.82) is 0 Å². The second kappa shape index (κ2) is 12.3. The number of primary amides is 1. The Labute approximate surface area is 230 Å². The van der Waals surface area contributed by atoms with Gasteiger partial charge in [-0.25, -0.2) is 14.4 Å². The summed E-state index contributed by atoms with van der Waals surface area (Å²) < 4.78 is 11.9. The summed E-state index contributed by atoms with van der Waals surface area (Å²) in [5.41, 5.74) is 6.17. The number of alkyl carbamates (subject to hydrolysis) is 1. The molecule has 5 N–H and O–H groups in total. The molecule has 3 amide bonds. The number of nitrogens with two attached hydrogens (primary N) is 1. The van der Waals surface area contributed by atoms with Crippen molar-refractivity contribution in [3.8, 4) is 5.69 Å². The van der Waals surface area contributed by atoms with Crippen LogP contribution in [0.25, 0.3) is 16.6 Å². The smallest absolute Gasteiger partial charge is 0.408 e. The van der Waals surface area contributed by atoms with Gasteiger partial charge in [-0.05, 0) is 76.6 Å². The Hall–Kier alpha value is -4.87. The second-order valence-corrected chi connectivity index (χ2v) is 9.91. The molecule has 0 bridgehead atoms. The lowest BCUT2D eigenvalue weighted by molar-refractivity contribution is -0.119. The molecule has 1 aromatic heterocycles. The molecule has 40 heavy (non-hydrogen) atoms. The van der Waals surface area contributed by atoms with E-state index >= 15 is 0 Å². The molecule has 12 heteroatoms. The minimum absolute atomic E-state index is 0.0160. The van der Waals surface area contributed by atoms with E-state index < -0.39 is 41.5 Å². The number of carbonyl (C=O) groups is 5. The molecular formula is C28H32N4O8. The lowest BCUT2D eigenvalue weighted by atomic mass is 10.1. The maximum Gasteiger partial charge on any atom is 0.408 e. The molecule has 0 aliphatic rings. The summed E-state index contributed by atoms with van der Waals surface area (Å²) in [7, 11) is 0. The molecule has 12 nitrogen and oxygen atoms in total. The molecule has 0 radical (unpaired) electrons. The highest BCUT2D eigenvalue weighted by Crippen LogP contribution is 2.28. The van der Waals surface area contributed by atoms with Gasteiger partial charge in [0.1, 0.15) is 11.6 Å². The number of carboxylic acids is 1. The third-order valence-corrected chi connectivity index (χ3v) is 5.65. The van der Waals surface area contributed by atoms with Crippen LogP contribution < -0.4 is 16.4 Å². The minimum Gasteiger partial charge on any atom is -0.478 e. The summed E-state index contributed by atoms with van der Waals surface area (Å²) in [5.74, 6) is -2.93. The first-order valence-electron chi connectivity index (χ1n) is 12.5. The molecule has 0 saturated carbocycles. The quantitative estimate of drug-likeness (QED) is 0.275. The fraction of sp³-hybridized carbons (Fsp3) is 0.321. The number of aromatic carboxylic acids is 1. The van der Waals surface area contributed by atoms with Gasteiger partial charge in [0, 0.05) is 29.4 Å². The van der Waals surface area contributed by atoms with Crippen LogP contribution in [0.4, 0.5) is 10.5 Å². The largest absolute Gasteiger partial charge is 0.478 e. The summed E-state index contributed by atoms with van der Waals surface area (Å²) in [6.45, 7) is 6.96. The van der Waals surface area contributed by atoms with Gasteiger partial charge >= 0.3 is 18.0 Å². The molecule has 3 aromatic rings. The number of fused-ring (bicyclic) bond motifs is 1. The number of hydrogen-bond acceptors (Lipinski definition) is 7. The normalized spacial score (nSPS) is 11.9. The van der Waals surface area contributed by atoms with Gasteiger partial charge < -0.3 is 35.5 Å². The van der Waals surface area contributed by atoms with Crippen molar-refractivity contribution in [2.75, 3.05) is 11.9 Å². The van der Waals surface area contributed by atoms with E-state index in [1.165, 1.54) is 12.3 Å². The van der Waals surface area contributed by atoms with Crippen LogP contribution in [0.3, 0.4) is 0 Å². The maximum absolute atomic E-state index is 13.0. The van der Waals surface area contributed by atoms with Crippen LogP contribution >= 0.6 is 0 Å². The first kappa shape index (κ1) is 29.7. The number of hydrogen-bond donors (Lipinski definition) is 4. The molecule has 0 fully saturated rings. The highest BCUT2D eigenvalue weighted by Gasteiger charge is 2.25. The summed E-state index contributed by atoms with van der Waals surface area (Å²) in [4.78, 5) is 60.6. The zero-order valence-electron chi connectivity index (χ0n) is 22.6. The highest BCUT2D eigenvalue weighted by molar-refractivity contribution is 6.06. The van der Waals surface area contributed by atoms with Gasteiger partial charge in [0.2, 0.25) is 11.8 Å².